The number of likely N-dealkylation sites (N-methyl/N-ethyl adjacent to an activating group) is 1. The molecular weight excluding hydrogens is 214 g/mol. The summed E-state index contributed by atoms with van der Waals surface area (Å²) in [7, 11) is 2.19. The lowest BCUT2D eigenvalue weighted by molar-refractivity contribution is -0.973. The Morgan fingerprint density at radius 2 is 1.93 bits per heavy atom. The minimum atomic E-state index is -0.259. The van der Waals surface area contributed by atoms with E-state index in [9.17, 15) is 4.79 Å². The molecule has 15 heavy (non-hydrogen) atoms. The van der Waals surface area contributed by atoms with Crippen LogP contribution in [0, 0.1) is 0 Å². The Morgan fingerprint density at radius 1 is 1.47 bits per heavy atom. The molecule has 4 heteroatoms. The summed E-state index contributed by atoms with van der Waals surface area (Å²) in [6, 6.07) is 0.592. The molecule has 3 nitrogen and oxygen atoms in total. The number of carbonyl (C=O) groups excluding carboxylic acids is 1. The van der Waals surface area contributed by atoms with Crippen LogP contribution in [0.25, 0.3) is 0 Å². The first-order valence-electron chi connectivity index (χ1n) is 5.06. The molecule has 1 aliphatic heterocycles. The van der Waals surface area contributed by atoms with Crippen LogP contribution in [-0.4, -0.2) is 42.7 Å². The van der Waals surface area contributed by atoms with Gasteiger partial charge < -0.3 is 21.6 Å². The number of rotatable bonds is 3. The zero-order chi connectivity index (χ0) is 10.9. The molecule has 0 aromatic heterocycles. The van der Waals surface area contributed by atoms with Gasteiger partial charge in [-0.15, -0.1) is 0 Å². The number of ether oxygens (including phenoxy) is 1. The van der Waals surface area contributed by atoms with E-state index in [0.717, 1.165) is 17.6 Å². The molecule has 1 aliphatic rings. The molecule has 1 heterocycles. The van der Waals surface area contributed by atoms with Crippen molar-refractivity contribution in [2.75, 3.05) is 20.1 Å². The zero-order valence-electron chi connectivity index (χ0n) is 9.92. The van der Waals surface area contributed by atoms with Gasteiger partial charge in [-0.1, -0.05) is 6.58 Å². The van der Waals surface area contributed by atoms with Gasteiger partial charge in [-0.2, -0.15) is 0 Å². The predicted octanol–water partition coefficient (Wildman–Crippen LogP) is -1.65. The van der Waals surface area contributed by atoms with Gasteiger partial charge in [0.05, 0.1) is 13.1 Å². The van der Waals surface area contributed by atoms with Crippen LogP contribution in [0.1, 0.15) is 20.8 Å². The lowest BCUT2D eigenvalue weighted by Crippen LogP contribution is -3.00. The largest absolute Gasteiger partial charge is 1.00 e. The summed E-state index contributed by atoms with van der Waals surface area (Å²) in [4.78, 5) is 11.2. The Labute approximate surface area is 98.1 Å². The molecule has 0 aliphatic carbocycles. The highest BCUT2D eigenvalue weighted by Crippen LogP contribution is 2.24. The monoisotopic (exact) mass is 233 g/mol. The minimum Gasteiger partial charge on any atom is -1.00 e. The lowest BCUT2D eigenvalue weighted by atomic mass is 10.0. The molecular formula is C11H20ClNO2. The van der Waals surface area contributed by atoms with E-state index in [2.05, 4.69) is 27.5 Å². The van der Waals surface area contributed by atoms with Crippen molar-refractivity contribution in [3.8, 4) is 0 Å². The first-order chi connectivity index (χ1) is 6.35. The highest BCUT2D eigenvalue weighted by Gasteiger charge is 2.44. The fraction of sp³-hybridized carbons (Fsp3) is 0.727. The van der Waals surface area contributed by atoms with E-state index in [1.807, 2.05) is 0 Å². The third-order valence-electron chi connectivity index (χ3n) is 3.11. The summed E-state index contributed by atoms with van der Waals surface area (Å²) < 4.78 is 6.23. The molecule has 0 amide bonds. The molecule has 0 spiro atoms. The summed E-state index contributed by atoms with van der Waals surface area (Å²) in [5, 5.41) is 0. The molecule has 0 bridgehead atoms. The van der Waals surface area contributed by atoms with Gasteiger partial charge in [0.2, 0.25) is 0 Å². The fourth-order valence-electron chi connectivity index (χ4n) is 1.63. The van der Waals surface area contributed by atoms with Crippen LogP contribution in [0.2, 0.25) is 0 Å². The zero-order valence-corrected chi connectivity index (χ0v) is 10.7. The number of hydrogen-bond acceptors (Lipinski definition) is 2. The van der Waals surface area contributed by atoms with Crippen molar-refractivity contribution in [2.45, 2.75) is 32.9 Å². The lowest BCUT2D eigenvalue weighted by Gasteiger charge is -2.49. The van der Waals surface area contributed by atoms with Crippen molar-refractivity contribution in [2.24, 2.45) is 0 Å². The van der Waals surface area contributed by atoms with Crippen LogP contribution in [0.15, 0.2) is 12.2 Å². The number of likely N-dealkylation sites (tertiary alicyclic amines) is 1. The minimum absolute atomic E-state index is 0. The van der Waals surface area contributed by atoms with Crippen LogP contribution in [0.3, 0.4) is 0 Å². The number of quaternary nitrogens is 1. The molecule has 0 saturated carbocycles. The maximum atomic E-state index is 11.2. The maximum absolute atomic E-state index is 11.2. The Hall–Kier alpha value is -0.540. The van der Waals surface area contributed by atoms with Gasteiger partial charge >= 0.3 is 5.97 Å². The van der Waals surface area contributed by atoms with Gasteiger partial charge in [-0.25, -0.2) is 4.79 Å². The van der Waals surface area contributed by atoms with E-state index in [0.29, 0.717) is 11.6 Å². The maximum Gasteiger partial charge on any atom is 0.333 e. The predicted molar refractivity (Wildman–Crippen MR) is 55.7 cm³/mol. The average molecular weight is 234 g/mol. The van der Waals surface area contributed by atoms with Crippen LogP contribution >= 0.6 is 0 Å². The molecule has 88 valence electrons. The summed E-state index contributed by atoms with van der Waals surface area (Å²) in [5.74, 6) is -0.259. The second kappa shape index (κ2) is 4.99. The molecule has 1 fully saturated rings. The third-order valence-corrected chi connectivity index (χ3v) is 3.11. The van der Waals surface area contributed by atoms with E-state index < -0.39 is 0 Å². The first kappa shape index (κ1) is 14.5. The molecule has 0 aromatic rings. The van der Waals surface area contributed by atoms with E-state index in [4.69, 9.17) is 4.74 Å². The Bertz CT molecular complexity index is 257. The van der Waals surface area contributed by atoms with Crippen molar-refractivity contribution in [3.05, 3.63) is 12.2 Å². The van der Waals surface area contributed by atoms with Crippen LogP contribution in [0.5, 0.6) is 0 Å². The number of hydrogen-bond donors (Lipinski definition) is 0. The highest BCUT2D eigenvalue weighted by molar-refractivity contribution is 5.87. The Kier molecular flexibility index (Phi) is 4.81. The van der Waals surface area contributed by atoms with Crippen LogP contribution < -0.4 is 12.4 Å². The SMILES string of the molecule is C=C(C)C(=O)OC1C[N+](C)(C(C)C)C1.[Cl-]. The number of esters is 1. The van der Waals surface area contributed by atoms with Crippen molar-refractivity contribution >= 4 is 5.97 Å². The van der Waals surface area contributed by atoms with Crippen LogP contribution in [-0.2, 0) is 9.53 Å². The van der Waals surface area contributed by atoms with E-state index in [1.54, 1.807) is 6.92 Å². The topological polar surface area (TPSA) is 26.3 Å². The van der Waals surface area contributed by atoms with Crippen LogP contribution in [0.4, 0.5) is 0 Å². The molecule has 0 atom stereocenters. The van der Waals surface area contributed by atoms with E-state index >= 15 is 0 Å². The summed E-state index contributed by atoms with van der Waals surface area (Å²) in [5.41, 5.74) is 0.482. The van der Waals surface area contributed by atoms with Gasteiger partial charge in [0.15, 0.2) is 6.10 Å². The van der Waals surface area contributed by atoms with Gasteiger partial charge in [-0.05, 0) is 20.8 Å². The summed E-state index contributed by atoms with van der Waals surface area (Å²) in [6.07, 6.45) is 0.0894. The summed E-state index contributed by atoms with van der Waals surface area (Å²) >= 11 is 0. The quantitative estimate of drug-likeness (QED) is 0.332. The molecule has 0 N–H and O–H groups in total. The molecule has 0 unspecified atom stereocenters. The number of carbonyl (C=O) groups is 1. The smallest absolute Gasteiger partial charge is 0.333 e. The van der Waals surface area contributed by atoms with Gasteiger partial charge in [0.25, 0.3) is 0 Å². The Balaban J connectivity index is 0.00000196. The second-order valence-electron chi connectivity index (χ2n) is 4.75. The van der Waals surface area contributed by atoms with Crippen molar-refractivity contribution in [1.29, 1.82) is 0 Å². The molecule has 0 aromatic carbocycles. The molecule has 0 radical (unpaired) electrons. The molecule has 1 rings (SSSR count). The van der Waals surface area contributed by atoms with Crippen molar-refractivity contribution in [1.82, 2.24) is 0 Å². The van der Waals surface area contributed by atoms with Crippen molar-refractivity contribution < 1.29 is 26.4 Å². The van der Waals surface area contributed by atoms with E-state index in [1.165, 1.54) is 0 Å². The third kappa shape index (κ3) is 3.21. The standard InChI is InChI=1S/C11H20NO2.ClH/c1-8(2)11(13)14-10-6-12(5,7-10)9(3)4;/h9-10H,1,6-7H2,2-5H3;1H/q+1;/p-1. The van der Waals surface area contributed by atoms with Gasteiger partial charge in [0, 0.05) is 5.57 Å². The van der Waals surface area contributed by atoms with E-state index in [-0.39, 0.29) is 24.5 Å². The summed E-state index contributed by atoms with van der Waals surface area (Å²) in [6.45, 7) is 11.5. The normalized spacial score (nSPS) is 29.0. The number of nitrogens with zero attached hydrogens (tertiary/aromatic N) is 1. The van der Waals surface area contributed by atoms with Gasteiger partial charge in [-0.3, -0.25) is 0 Å². The van der Waals surface area contributed by atoms with Gasteiger partial charge in [0.1, 0.15) is 13.1 Å². The van der Waals surface area contributed by atoms with Crippen molar-refractivity contribution in [3.63, 3.8) is 0 Å². The highest BCUT2D eigenvalue weighted by atomic mass is 35.5. The number of halogens is 1. The Morgan fingerprint density at radius 3 is 2.27 bits per heavy atom. The molecule has 1 saturated heterocycles. The average Bonchev–Trinajstić information content (AvgIpc) is 2.00. The first-order valence-corrected chi connectivity index (χ1v) is 5.06. The fourth-order valence-corrected chi connectivity index (χ4v) is 1.63. The second-order valence-corrected chi connectivity index (χ2v) is 4.75.